The minimum Gasteiger partial charge on any atom is -0.379 e. The Hall–Kier alpha value is -0.260. The summed E-state index contributed by atoms with van der Waals surface area (Å²) in [5.41, 5.74) is 0. The molecule has 0 aromatic heterocycles. The van der Waals surface area contributed by atoms with E-state index in [0.717, 1.165) is 58.3 Å². The number of hydrogen-bond acceptors (Lipinski definition) is 5. The number of likely N-dealkylation sites (N-methyl/N-ethyl adjacent to an activating group) is 1. The largest absolute Gasteiger partial charge is 0.379 e. The van der Waals surface area contributed by atoms with Crippen LogP contribution in [0.2, 0.25) is 0 Å². The molecule has 1 heterocycles. The smallest absolute Gasteiger partial charge is 0.243 e. The fourth-order valence-corrected chi connectivity index (χ4v) is 2.69. The molecule has 0 aromatic rings. The number of aliphatic imine (C=N–C) groups is 1. The molecule has 0 atom stereocenters. The minimum atomic E-state index is 0. The molecule has 0 unspecified atom stereocenters. The number of unbranched alkanes of at least 4 members (excludes halogenated alkanes) is 1. The fourth-order valence-electron chi connectivity index (χ4n) is 2.20. The van der Waals surface area contributed by atoms with E-state index in [1.54, 1.807) is 19.0 Å². The Morgan fingerprint density at radius 1 is 1.20 bits per heavy atom. The SMILES string of the molecule is CSCCCCNC(=NCC(=O)N(C)C)NCCN1CCOCC1.I. The van der Waals surface area contributed by atoms with Gasteiger partial charge >= 0.3 is 0 Å². The van der Waals surface area contributed by atoms with Gasteiger partial charge in [-0.25, -0.2) is 4.99 Å². The van der Waals surface area contributed by atoms with Gasteiger partial charge in [-0.2, -0.15) is 11.8 Å². The molecular formula is C16H34IN5O2S. The highest BCUT2D eigenvalue weighted by atomic mass is 127. The van der Waals surface area contributed by atoms with Gasteiger partial charge in [0.05, 0.1) is 13.2 Å². The second-order valence-electron chi connectivity index (χ2n) is 5.96. The molecule has 0 saturated carbocycles. The number of thioether (sulfide) groups is 1. The van der Waals surface area contributed by atoms with Crippen LogP contribution in [0.1, 0.15) is 12.8 Å². The van der Waals surface area contributed by atoms with Gasteiger partial charge in [-0.1, -0.05) is 0 Å². The van der Waals surface area contributed by atoms with Gasteiger partial charge in [0.15, 0.2) is 5.96 Å². The fraction of sp³-hybridized carbons (Fsp3) is 0.875. The third kappa shape index (κ3) is 12.7. The first-order chi connectivity index (χ1) is 11.6. The molecule has 0 aliphatic carbocycles. The maximum atomic E-state index is 11.7. The maximum absolute atomic E-state index is 11.7. The van der Waals surface area contributed by atoms with Crippen molar-refractivity contribution in [1.29, 1.82) is 0 Å². The summed E-state index contributed by atoms with van der Waals surface area (Å²) in [5, 5.41) is 6.66. The van der Waals surface area contributed by atoms with Crippen molar-refractivity contribution in [2.45, 2.75) is 12.8 Å². The van der Waals surface area contributed by atoms with Crippen molar-refractivity contribution in [3.05, 3.63) is 0 Å². The van der Waals surface area contributed by atoms with Gasteiger partial charge in [0.1, 0.15) is 6.54 Å². The lowest BCUT2D eigenvalue weighted by molar-refractivity contribution is -0.127. The van der Waals surface area contributed by atoms with E-state index < -0.39 is 0 Å². The number of nitrogens with one attached hydrogen (secondary N) is 2. The van der Waals surface area contributed by atoms with Crippen LogP contribution in [0.5, 0.6) is 0 Å². The molecule has 1 saturated heterocycles. The lowest BCUT2D eigenvalue weighted by Crippen LogP contribution is -2.45. The van der Waals surface area contributed by atoms with Crippen molar-refractivity contribution in [3.63, 3.8) is 0 Å². The first-order valence-electron chi connectivity index (χ1n) is 8.65. The summed E-state index contributed by atoms with van der Waals surface area (Å²) in [7, 11) is 3.50. The Morgan fingerprint density at radius 2 is 1.88 bits per heavy atom. The zero-order valence-corrected chi connectivity index (χ0v) is 18.9. The van der Waals surface area contributed by atoms with E-state index in [1.807, 2.05) is 11.8 Å². The van der Waals surface area contributed by atoms with Crippen LogP contribution in [-0.2, 0) is 9.53 Å². The maximum Gasteiger partial charge on any atom is 0.243 e. The summed E-state index contributed by atoms with van der Waals surface area (Å²) in [5.74, 6) is 1.91. The molecule has 148 valence electrons. The van der Waals surface area contributed by atoms with Crippen LogP contribution in [0.25, 0.3) is 0 Å². The molecule has 1 aliphatic heterocycles. The number of amides is 1. The predicted octanol–water partition coefficient (Wildman–Crippen LogP) is 0.703. The highest BCUT2D eigenvalue weighted by Crippen LogP contribution is 1.98. The number of carbonyl (C=O) groups is 1. The van der Waals surface area contributed by atoms with Crippen LogP contribution in [0.15, 0.2) is 4.99 Å². The van der Waals surface area contributed by atoms with Crippen molar-refractivity contribution >= 4 is 47.6 Å². The number of hydrogen-bond donors (Lipinski definition) is 2. The molecule has 1 amide bonds. The van der Waals surface area contributed by atoms with E-state index in [4.69, 9.17) is 4.74 Å². The summed E-state index contributed by atoms with van der Waals surface area (Å²) in [6.07, 6.45) is 4.42. The molecule has 2 N–H and O–H groups in total. The standard InChI is InChI=1S/C16H33N5O2S.HI/c1-20(2)15(22)14-19-16(17-6-4-5-13-24-3)18-7-8-21-9-11-23-12-10-21;/h4-14H2,1-3H3,(H2,17,18,19);1H. The topological polar surface area (TPSA) is 69.2 Å². The Balaban J connectivity index is 0.00000576. The minimum absolute atomic E-state index is 0. The normalized spacial score (nSPS) is 15.4. The van der Waals surface area contributed by atoms with Crippen molar-refractivity contribution in [3.8, 4) is 0 Å². The molecule has 1 aliphatic rings. The highest BCUT2D eigenvalue weighted by Gasteiger charge is 2.10. The summed E-state index contributed by atoms with van der Waals surface area (Å²) in [6.45, 7) is 6.40. The number of carbonyl (C=O) groups excluding carboxylic acids is 1. The van der Waals surface area contributed by atoms with Crippen molar-refractivity contribution in [2.24, 2.45) is 4.99 Å². The average Bonchev–Trinajstić information content (AvgIpc) is 2.59. The van der Waals surface area contributed by atoms with Gasteiger partial charge in [0, 0.05) is 46.8 Å². The number of morpholine rings is 1. The third-order valence-electron chi connectivity index (χ3n) is 3.76. The van der Waals surface area contributed by atoms with E-state index in [1.165, 1.54) is 12.2 Å². The zero-order chi connectivity index (χ0) is 17.6. The molecular weight excluding hydrogens is 453 g/mol. The molecule has 1 fully saturated rings. The second-order valence-corrected chi connectivity index (χ2v) is 6.95. The molecule has 0 radical (unpaired) electrons. The van der Waals surface area contributed by atoms with Crippen LogP contribution >= 0.6 is 35.7 Å². The number of nitrogens with zero attached hydrogens (tertiary/aromatic N) is 3. The number of halogens is 1. The predicted molar refractivity (Wildman–Crippen MR) is 117 cm³/mol. The molecule has 7 nitrogen and oxygen atoms in total. The van der Waals surface area contributed by atoms with Gasteiger partial charge in [0.2, 0.25) is 5.91 Å². The van der Waals surface area contributed by atoms with Crippen molar-refractivity contribution in [2.75, 3.05) is 78.6 Å². The summed E-state index contributed by atoms with van der Waals surface area (Å²) in [6, 6.07) is 0. The zero-order valence-electron chi connectivity index (χ0n) is 15.8. The lowest BCUT2D eigenvalue weighted by Gasteiger charge is -2.26. The van der Waals surface area contributed by atoms with Gasteiger partial charge in [-0.3, -0.25) is 9.69 Å². The van der Waals surface area contributed by atoms with Gasteiger partial charge < -0.3 is 20.3 Å². The average molecular weight is 487 g/mol. The molecule has 0 spiro atoms. The second kappa shape index (κ2) is 16.0. The van der Waals surface area contributed by atoms with Crippen molar-refractivity contribution in [1.82, 2.24) is 20.4 Å². The quantitative estimate of drug-likeness (QED) is 0.205. The highest BCUT2D eigenvalue weighted by molar-refractivity contribution is 14.0. The van der Waals surface area contributed by atoms with Gasteiger partial charge in [0.25, 0.3) is 0 Å². The number of rotatable bonds is 10. The molecule has 9 heteroatoms. The van der Waals surface area contributed by atoms with Gasteiger partial charge in [-0.15, -0.1) is 24.0 Å². The number of guanidine groups is 1. The van der Waals surface area contributed by atoms with E-state index in [-0.39, 0.29) is 36.4 Å². The first kappa shape index (κ1) is 24.7. The van der Waals surface area contributed by atoms with Gasteiger partial charge in [-0.05, 0) is 24.9 Å². The van der Waals surface area contributed by atoms with Crippen LogP contribution in [0.3, 0.4) is 0 Å². The molecule has 0 aromatic carbocycles. The Bertz CT molecular complexity index is 380. The monoisotopic (exact) mass is 487 g/mol. The molecule has 0 bridgehead atoms. The Morgan fingerprint density at radius 3 is 2.52 bits per heavy atom. The van der Waals surface area contributed by atoms with E-state index in [2.05, 4.69) is 26.8 Å². The van der Waals surface area contributed by atoms with E-state index >= 15 is 0 Å². The third-order valence-corrected chi connectivity index (χ3v) is 4.46. The molecule has 25 heavy (non-hydrogen) atoms. The summed E-state index contributed by atoms with van der Waals surface area (Å²) in [4.78, 5) is 20.1. The molecule has 1 rings (SSSR count). The number of ether oxygens (including phenoxy) is 1. The Kier molecular flexibility index (Phi) is 15.8. The van der Waals surface area contributed by atoms with Crippen LogP contribution in [-0.4, -0.2) is 100 Å². The van der Waals surface area contributed by atoms with E-state index in [0.29, 0.717) is 0 Å². The van der Waals surface area contributed by atoms with Crippen LogP contribution < -0.4 is 10.6 Å². The van der Waals surface area contributed by atoms with Crippen LogP contribution in [0.4, 0.5) is 0 Å². The van der Waals surface area contributed by atoms with Crippen LogP contribution in [0, 0.1) is 0 Å². The Labute approximate surface area is 173 Å². The summed E-state index contributed by atoms with van der Waals surface area (Å²) >= 11 is 1.87. The summed E-state index contributed by atoms with van der Waals surface area (Å²) < 4.78 is 5.36. The van der Waals surface area contributed by atoms with Crippen molar-refractivity contribution < 1.29 is 9.53 Å². The lowest BCUT2D eigenvalue weighted by atomic mass is 10.3. The first-order valence-corrected chi connectivity index (χ1v) is 10.0. The van der Waals surface area contributed by atoms with E-state index in [9.17, 15) is 4.79 Å².